The van der Waals surface area contributed by atoms with E-state index in [0.29, 0.717) is 0 Å². The maximum atomic E-state index is 5.45. The number of aryl methyl sites for hydroxylation is 1. The number of benzene rings is 2. The number of hydrogen-bond donors (Lipinski definition) is 3. The van der Waals surface area contributed by atoms with Gasteiger partial charge in [0.2, 0.25) is 0 Å². The van der Waals surface area contributed by atoms with Gasteiger partial charge in [-0.15, -0.1) is 12.6 Å². The molecule has 0 bridgehead atoms. The van der Waals surface area contributed by atoms with Crippen LogP contribution in [0, 0.1) is 6.92 Å². The van der Waals surface area contributed by atoms with E-state index in [0.717, 1.165) is 16.3 Å². The SMILES string of the molecule is CNc1ccc(N)cc1.Cc1ccc(S)cc1. The maximum absolute atomic E-state index is 5.45. The topological polar surface area (TPSA) is 38.0 Å². The van der Waals surface area contributed by atoms with Gasteiger partial charge >= 0.3 is 0 Å². The van der Waals surface area contributed by atoms with Gasteiger partial charge in [-0.1, -0.05) is 17.7 Å². The molecule has 3 N–H and O–H groups in total. The summed E-state index contributed by atoms with van der Waals surface area (Å²) >= 11 is 4.13. The molecular formula is C14H18N2S. The zero-order valence-electron chi connectivity index (χ0n) is 10.1. The van der Waals surface area contributed by atoms with Crippen LogP contribution in [0.5, 0.6) is 0 Å². The number of hydrogen-bond acceptors (Lipinski definition) is 3. The summed E-state index contributed by atoms with van der Waals surface area (Å²) in [6.45, 7) is 2.06. The fourth-order valence-corrected chi connectivity index (χ4v) is 1.34. The van der Waals surface area contributed by atoms with Gasteiger partial charge in [-0.2, -0.15) is 0 Å². The van der Waals surface area contributed by atoms with Crippen molar-refractivity contribution in [1.29, 1.82) is 0 Å². The fourth-order valence-electron chi connectivity index (χ4n) is 1.19. The largest absolute Gasteiger partial charge is 0.399 e. The highest BCUT2D eigenvalue weighted by Gasteiger charge is 1.84. The average Bonchev–Trinajstić information content (AvgIpc) is 2.35. The monoisotopic (exact) mass is 246 g/mol. The highest BCUT2D eigenvalue weighted by molar-refractivity contribution is 7.80. The molecule has 0 aliphatic heterocycles. The van der Waals surface area contributed by atoms with Crippen LogP contribution in [0.2, 0.25) is 0 Å². The Morgan fingerprint density at radius 1 is 0.941 bits per heavy atom. The van der Waals surface area contributed by atoms with Crippen LogP contribution >= 0.6 is 12.6 Å². The zero-order valence-corrected chi connectivity index (χ0v) is 11.0. The van der Waals surface area contributed by atoms with Crippen LogP contribution in [0.3, 0.4) is 0 Å². The lowest BCUT2D eigenvalue weighted by Crippen LogP contribution is -1.88. The van der Waals surface area contributed by atoms with Crippen molar-refractivity contribution in [3.8, 4) is 0 Å². The number of rotatable bonds is 1. The van der Waals surface area contributed by atoms with Crippen molar-refractivity contribution in [3.63, 3.8) is 0 Å². The summed E-state index contributed by atoms with van der Waals surface area (Å²) in [4.78, 5) is 1.02. The molecule has 0 spiro atoms. The molecule has 0 unspecified atom stereocenters. The Bertz CT molecular complexity index is 414. The minimum Gasteiger partial charge on any atom is -0.399 e. The fraction of sp³-hybridized carbons (Fsp3) is 0.143. The van der Waals surface area contributed by atoms with E-state index < -0.39 is 0 Å². The molecule has 2 aromatic carbocycles. The Kier molecular flexibility index (Phi) is 5.43. The second-order valence-electron chi connectivity index (χ2n) is 3.71. The number of thiol groups is 1. The Labute approximate surface area is 108 Å². The van der Waals surface area contributed by atoms with Crippen LogP contribution in [0.1, 0.15) is 5.56 Å². The number of nitrogen functional groups attached to an aromatic ring is 1. The van der Waals surface area contributed by atoms with Gasteiger partial charge in [-0.25, -0.2) is 0 Å². The van der Waals surface area contributed by atoms with Gasteiger partial charge in [0, 0.05) is 23.3 Å². The third kappa shape index (κ3) is 5.31. The van der Waals surface area contributed by atoms with Crippen molar-refractivity contribution >= 4 is 24.0 Å². The van der Waals surface area contributed by atoms with Crippen LogP contribution in [-0.4, -0.2) is 7.05 Å². The van der Waals surface area contributed by atoms with E-state index in [9.17, 15) is 0 Å². The Hall–Kier alpha value is -1.61. The minimum atomic E-state index is 0.800. The Morgan fingerprint density at radius 3 is 1.88 bits per heavy atom. The first-order valence-electron chi connectivity index (χ1n) is 5.41. The summed E-state index contributed by atoms with van der Waals surface area (Å²) in [5.74, 6) is 0. The number of nitrogens with two attached hydrogens (primary N) is 1. The van der Waals surface area contributed by atoms with E-state index in [1.165, 1.54) is 5.56 Å². The molecule has 0 radical (unpaired) electrons. The predicted octanol–water partition coefficient (Wildman–Crippen LogP) is 3.59. The molecule has 2 nitrogen and oxygen atoms in total. The average molecular weight is 246 g/mol. The molecule has 90 valence electrons. The third-order valence-electron chi connectivity index (χ3n) is 2.23. The van der Waals surface area contributed by atoms with E-state index in [-0.39, 0.29) is 0 Å². The van der Waals surface area contributed by atoms with Gasteiger partial charge in [0.05, 0.1) is 0 Å². The first kappa shape index (κ1) is 13.5. The van der Waals surface area contributed by atoms with Crippen LogP contribution in [0.15, 0.2) is 53.4 Å². The van der Waals surface area contributed by atoms with Gasteiger partial charge < -0.3 is 11.1 Å². The highest BCUT2D eigenvalue weighted by Crippen LogP contribution is 2.08. The molecule has 0 fully saturated rings. The lowest BCUT2D eigenvalue weighted by atomic mass is 10.2. The first-order valence-corrected chi connectivity index (χ1v) is 5.85. The molecule has 2 rings (SSSR count). The van der Waals surface area contributed by atoms with Crippen LogP contribution < -0.4 is 11.1 Å². The van der Waals surface area contributed by atoms with E-state index >= 15 is 0 Å². The van der Waals surface area contributed by atoms with Gasteiger partial charge in [0.15, 0.2) is 0 Å². The normalized spacial score (nSPS) is 9.12. The smallest absolute Gasteiger partial charge is 0.0339 e. The van der Waals surface area contributed by atoms with E-state index in [4.69, 9.17) is 5.73 Å². The van der Waals surface area contributed by atoms with Crippen LogP contribution in [0.25, 0.3) is 0 Å². The Balaban J connectivity index is 0.000000171. The first-order chi connectivity index (χ1) is 8.11. The van der Waals surface area contributed by atoms with E-state index in [2.05, 4.69) is 24.9 Å². The van der Waals surface area contributed by atoms with Gasteiger partial charge in [0.25, 0.3) is 0 Å². The molecule has 3 heteroatoms. The number of anilines is 2. The molecule has 0 saturated heterocycles. The van der Waals surface area contributed by atoms with Crippen molar-refractivity contribution in [3.05, 3.63) is 54.1 Å². The molecule has 0 aromatic heterocycles. The lowest BCUT2D eigenvalue weighted by Gasteiger charge is -1.97. The molecule has 0 amide bonds. The standard InChI is InChI=1S/C7H10N2.C7H8S/c1-9-7-4-2-6(8)3-5-7;1-6-2-4-7(8)5-3-6/h2-5,9H,8H2,1H3;2-5,8H,1H3. The van der Waals surface area contributed by atoms with Gasteiger partial charge in [-0.3, -0.25) is 0 Å². The predicted molar refractivity (Wildman–Crippen MR) is 78.8 cm³/mol. The quantitative estimate of drug-likeness (QED) is 0.531. The van der Waals surface area contributed by atoms with Crippen molar-refractivity contribution in [1.82, 2.24) is 0 Å². The van der Waals surface area contributed by atoms with Crippen LogP contribution in [0.4, 0.5) is 11.4 Å². The molecule has 0 aliphatic carbocycles. The second-order valence-corrected chi connectivity index (χ2v) is 4.22. The molecule has 0 aliphatic rings. The summed E-state index contributed by atoms with van der Waals surface area (Å²) in [6, 6.07) is 15.7. The molecule has 0 saturated carbocycles. The Morgan fingerprint density at radius 2 is 1.47 bits per heavy atom. The highest BCUT2D eigenvalue weighted by atomic mass is 32.1. The lowest BCUT2D eigenvalue weighted by molar-refractivity contribution is 1.39. The summed E-state index contributed by atoms with van der Waals surface area (Å²) in [5, 5.41) is 3.00. The van der Waals surface area contributed by atoms with Crippen molar-refractivity contribution in [2.24, 2.45) is 0 Å². The number of nitrogens with one attached hydrogen (secondary N) is 1. The summed E-state index contributed by atoms with van der Waals surface area (Å²) in [7, 11) is 1.88. The molecule has 2 aromatic rings. The van der Waals surface area contributed by atoms with Gasteiger partial charge in [-0.05, 0) is 43.3 Å². The van der Waals surface area contributed by atoms with E-state index in [1.54, 1.807) is 0 Å². The maximum Gasteiger partial charge on any atom is 0.0339 e. The van der Waals surface area contributed by atoms with Gasteiger partial charge in [0.1, 0.15) is 0 Å². The van der Waals surface area contributed by atoms with Crippen molar-refractivity contribution in [2.45, 2.75) is 11.8 Å². The summed E-state index contributed by atoms with van der Waals surface area (Å²) in [6.07, 6.45) is 0. The molecule has 0 atom stereocenters. The third-order valence-corrected chi connectivity index (χ3v) is 2.53. The van der Waals surface area contributed by atoms with Crippen molar-refractivity contribution in [2.75, 3.05) is 18.1 Å². The minimum absolute atomic E-state index is 0.800. The zero-order chi connectivity index (χ0) is 12.7. The molecule has 17 heavy (non-hydrogen) atoms. The molecular weight excluding hydrogens is 228 g/mol. The second kappa shape index (κ2) is 6.86. The summed E-state index contributed by atoms with van der Waals surface area (Å²) < 4.78 is 0. The summed E-state index contributed by atoms with van der Waals surface area (Å²) in [5.41, 5.74) is 8.62. The molecule has 0 heterocycles. The van der Waals surface area contributed by atoms with Crippen LogP contribution in [-0.2, 0) is 0 Å². The van der Waals surface area contributed by atoms with Crippen molar-refractivity contribution < 1.29 is 0 Å². The van der Waals surface area contributed by atoms with E-state index in [1.807, 2.05) is 55.6 Å².